The van der Waals surface area contributed by atoms with Crippen LogP contribution >= 0.6 is 0 Å². The van der Waals surface area contributed by atoms with Crippen molar-refractivity contribution in [2.24, 2.45) is 0 Å². The van der Waals surface area contributed by atoms with Gasteiger partial charge >= 0.3 is 5.97 Å². The summed E-state index contributed by atoms with van der Waals surface area (Å²) in [6, 6.07) is 9.97. The Bertz CT molecular complexity index is 366. The first-order chi connectivity index (χ1) is 8.23. The van der Waals surface area contributed by atoms with E-state index in [0.29, 0.717) is 19.4 Å². The molecule has 1 aromatic rings. The van der Waals surface area contributed by atoms with Gasteiger partial charge in [0.2, 0.25) is 0 Å². The van der Waals surface area contributed by atoms with Crippen LogP contribution in [0.1, 0.15) is 31.2 Å². The summed E-state index contributed by atoms with van der Waals surface area (Å²) in [5.74, 6) is -0.812. The normalized spacial score (nSPS) is 24.5. The fourth-order valence-corrected chi connectivity index (χ4v) is 2.32. The van der Waals surface area contributed by atoms with Gasteiger partial charge in [0, 0.05) is 6.61 Å². The Balaban J connectivity index is 2.01. The molecule has 0 aromatic heterocycles. The number of hydrogen-bond donors (Lipinski definition) is 1. The van der Waals surface area contributed by atoms with Gasteiger partial charge in [0.05, 0.1) is 0 Å². The number of carboxylic acids is 1. The summed E-state index contributed by atoms with van der Waals surface area (Å²) in [6.45, 7) is 0.571. The van der Waals surface area contributed by atoms with E-state index in [1.807, 2.05) is 30.3 Å². The summed E-state index contributed by atoms with van der Waals surface area (Å²) >= 11 is 0. The van der Waals surface area contributed by atoms with Gasteiger partial charge in [-0.2, -0.15) is 0 Å². The van der Waals surface area contributed by atoms with Gasteiger partial charge in [0.15, 0.2) is 5.60 Å². The molecule has 1 aliphatic rings. The quantitative estimate of drug-likeness (QED) is 0.871. The maximum atomic E-state index is 11.4. The molecule has 1 heterocycles. The third-order valence-electron chi connectivity index (χ3n) is 3.40. The number of carbonyl (C=O) groups is 1. The molecule has 1 atom stereocenters. The smallest absolute Gasteiger partial charge is 0.335 e. The Morgan fingerprint density at radius 3 is 2.65 bits per heavy atom. The van der Waals surface area contributed by atoms with Gasteiger partial charge in [-0.15, -0.1) is 0 Å². The van der Waals surface area contributed by atoms with Crippen molar-refractivity contribution in [3.8, 4) is 0 Å². The van der Waals surface area contributed by atoms with E-state index >= 15 is 0 Å². The van der Waals surface area contributed by atoms with E-state index in [1.165, 1.54) is 5.56 Å². The molecule has 17 heavy (non-hydrogen) atoms. The monoisotopic (exact) mass is 234 g/mol. The van der Waals surface area contributed by atoms with E-state index in [9.17, 15) is 9.90 Å². The molecule has 2 rings (SSSR count). The van der Waals surface area contributed by atoms with Crippen LogP contribution < -0.4 is 0 Å². The first-order valence-electron chi connectivity index (χ1n) is 6.14. The zero-order valence-corrected chi connectivity index (χ0v) is 9.89. The molecule has 0 spiro atoms. The summed E-state index contributed by atoms with van der Waals surface area (Å²) < 4.78 is 5.55. The number of benzene rings is 1. The number of aliphatic carboxylic acids is 1. The number of rotatable bonds is 4. The van der Waals surface area contributed by atoms with E-state index in [0.717, 1.165) is 19.3 Å². The highest BCUT2D eigenvalue weighted by atomic mass is 16.5. The zero-order chi connectivity index (χ0) is 12.1. The lowest BCUT2D eigenvalue weighted by molar-refractivity contribution is -0.173. The topological polar surface area (TPSA) is 46.5 Å². The molecule has 1 N–H and O–H groups in total. The highest BCUT2D eigenvalue weighted by molar-refractivity contribution is 5.77. The Morgan fingerprint density at radius 1 is 1.29 bits per heavy atom. The molecular weight excluding hydrogens is 216 g/mol. The molecule has 0 aliphatic carbocycles. The van der Waals surface area contributed by atoms with Crippen LogP contribution in [-0.2, 0) is 16.0 Å². The molecule has 1 aromatic carbocycles. The molecule has 1 fully saturated rings. The van der Waals surface area contributed by atoms with Crippen molar-refractivity contribution in [1.29, 1.82) is 0 Å². The highest BCUT2D eigenvalue weighted by Crippen LogP contribution is 2.30. The second-order valence-corrected chi connectivity index (χ2v) is 4.59. The standard InChI is InChI=1S/C14H18O3/c15-13(16)14(9-4-5-11-17-14)10-8-12-6-2-1-3-7-12/h1-3,6-7H,4-5,8-11H2,(H,15,16). The number of ether oxygens (including phenoxy) is 1. The van der Waals surface area contributed by atoms with Crippen LogP contribution in [0.4, 0.5) is 0 Å². The fraction of sp³-hybridized carbons (Fsp3) is 0.500. The second kappa shape index (κ2) is 5.32. The van der Waals surface area contributed by atoms with E-state index in [1.54, 1.807) is 0 Å². The van der Waals surface area contributed by atoms with Gasteiger partial charge in [-0.3, -0.25) is 0 Å². The average molecular weight is 234 g/mol. The predicted octanol–water partition coefficient (Wildman–Crippen LogP) is 2.64. The first kappa shape index (κ1) is 12.1. The Morgan fingerprint density at radius 2 is 2.06 bits per heavy atom. The molecule has 0 bridgehead atoms. The minimum atomic E-state index is -0.950. The van der Waals surface area contributed by atoms with E-state index < -0.39 is 11.6 Å². The minimum absolute atomic E-state index is 0.562. The van der Waals surface area contributed by atoms with Gasteiger partial charge < -0.3 is 9.84 Å². The summed E-state index contributed by atoms with van der Waals surface area (Å²) in [4.78, 5) is 11.4. The maximum Gasteiger partial charge on any atom is 0.335 e. The van der Waals surface area contributed by atoms with Gasteiger partial charge in [0.25, 0.3) is 0 Å². The highest BCUT2D eigenvalue weighted by Gasteiger charge is 2.40. The lowest BCUT2D eigenvalue weighted by Crippen LogP contribution is -2.44. The lowest BCUT2D eigenvalue weighted by atomic mass is 9.88. The van der Waals surface area contributed by atoms with Crippen molar-refractivity contribution in [2.45, 2.75) is 37.7 Å². The van der Waals surface area contributed by atoms with Gasteiger partial charge in [-0.25, -0.2) is 4.79 Å². The van der Waals surface area contributed by atoms with Crippen LogP contribution in [0, 0.1) is 0 Å². The van der Waals surface area contributed by atoms with Crippen molar-refractivity contribution >= 4 is 5.97 Å². The van der Waals surface area contributed by atoms with Crippen LogP contribution in [0.25, 0.3) is 0 Å². The molecule has 3 nitrogen and oxygen atoms in total. The van der Waals surface area contributed by atoms with E-state index in [2.05, 4.69) is 0 Å². The largest absolute Gasteiger partial charge is 0.479 e. The van der Waals surface area contributed by atoms with Gasteiger partial charge in [-0.05, 0) is 37.7 Å². The van der Waals surface area contributed by atoms with Crippen LogP contribution in [0.3, 0.4) is 0 Å². The summed E-state index contributed by atoms with van der Waals surface area (Å²) in [6.07, 6.45) is 3.87. The summed E-state index contributed by atoms with van der Waals surface area (Å²) in [7, 11) is 0. The molecule has 0 radical (unpaired) electrons. The average Bonchev–Trinajstić information content (AvgIpc) is 2.38. The van der Waals surface area contributed by atoms with Crippen LogP contribution in [0.2, 0.25) is 0 Å². The minimum Gasteiger partial charge on any atom is -0.479 e. The molecule has 1 saturated heterocycles. The number of carboxylic acid groups (broad SMARTS) is 1. The third-order valence-corrected chi connectivity index (χ3v) is 3.40. The fourth-order valence-electron chi connectivity index (χ4n) is 2.32. The van der Waals surface area contributed by atoms with Crippen molar-refractivity contribution in [1.82, 2.24) is 0 Å². The lowest BCUT2D eigenvalue weighted by Gasteiger charge is -2.33. The number of hydrogen-bond acceptors (Lipinski definition) is 2. The molecule has 92 valence electrons. The third kappa shape index (κ3) is 2.86. The SMILES string of the molecule is O=C(O)C1(CCc2ccccc2)CCCCO1. The molecule has 1 aliphatic heterocycles. The Labute approximate surface area is 101 Å². The molecular formula is C14H18O3. The first-order valence-corrected chi connectivity index (χ1v) is 6.14. The van der Waals surface area contributed by atoms with E-state index in [-0.39, 0.29) is 0 Å². The Hall–Kier alpha value is -1.35. The molecule has 0 saturated carbocycles. The van der Waals surface area contributed by atoms with Crippen LogP contribution in [-0.4, -0.2) is 23.3 Å². The van der Waals surface area contributed by atoms with Crippen molar-refractivity contribution in [2.75, 3.05) is 6.61 Å². The predicted molar refractivity (Wildman–Crippen MR) is 64.9 cm³/mol. The molecule has 1 unspecified atom stereocenters. The van der Waals surface area contributed by atoms with Gasteiger partial charge in [-0.1, -0.05) is 30.3 Å². The van der Waals surface area contributed by atoms with Crippen LogP contribution in [0.5, 0.6) is 0 Å². The van der Waals surface area contributed by atoms with Crippen molar-refractivity contribution < 1.29 is 14.6 Å². The van der Waals surface area contributed by atoms with Crippen molar-refractivity contribution in [3.63, 3.8) is 0 Å². The maximum absolute atomic E-state index is 11.4. The number of aryl methyl sites for hydroxylation is 1. The molecule has 0 amide bonds. The van der Waals surface area contributed by atoms with Gasteiger partial charge in [0.1, 0.15) is 0 Å². The van der Waals surface area contributed by atoms with Crippen molar-refractivity contribution in [3.05, 3.63) is 35.9 Å². The zero-order valence-electron chi connectivity index (χ0n) is 9.89. The summed E-state index contributed by atoms with van der Waals surface area (Å²) in [5.41, 5.74) is 0.218. The van der Waals surface area contributed by atoms with E-state index in [4.69, 9.17) is 4.74 Å². The Kier molecular flexibility index (Phi) is 3.79. The molecule has 3 heteroatoms. The second-order valence-electron chi connectivity index (χ2n) is 4.59. The van der Waals surface area contributed by atoms with Crippen LogP contribution in [0.15, 0.2) is 30.3 Å². The summed E-state index contributed by atoms with van der Waals surface area (Å²) in [5, 5.41) is 9.34.